The molecule has 28 heavy (non-hydrogen) atoms. The number of hydrogen-bond donors (Lipinski definition) is 0. The summed E-state index contributed by atoms with van der Waals surface area (Å²) in [7, 11) is 0. The van der Waals surface area contributed by atoms with Crippen LogP contribution in [0.15, 0.2) is 52.4 Å². The van der Waals surface area contributed by atoms with E-state index >= 15 is 0 Å². The Kier molecular flexibility index (Phi) is 6.02. The van der Waals surface area contributed by atoms with Gasteiger partial charge in [0, 0.05) is 29.3 Å². The Balaban J connectivity index is 1.32. The van der Waals surface area contributed by atoms with E-state index in [0.717, 1.165) is 47.5 Å². The molecule has 3 heterocycles. The molecular formula is C21H22N4OS2. The molecular weight excluding hydrogens is 388 g/mol. The zero-order chi connectivity index (χ0) is 19.3. The Hall–Kier alpha value is -2.25. The Bertz CT molecular complexity index is 1030. The summed E-state index contributed by atoms with van der Waals surface area (Å²) >= 11 is 3.43. The third kappa shape index (κ3) is 4.59. The molecule has 4 rings (SSSR count). The van der Waals surface area contributed by atoms with Crippen molar-refractivity contribution in [2.24, 2.45) is 5.92 Å². The van der Waals surface area contributed by atoms with E-state index in [9.17, 15) is 0 Å². The van der Waals surface area contributed by atoms with Gasteiger partial charge in [0.25, 0.3) is 0 Å². The van der Waals surface area contributed by atoms with E-state index in [1.54, 1.807) is 35.6 Å². The van der Waals surface area contributed by atoms with Crippen molar-refractivity contribution in [3.8, 4) is 11.5 Å². The molecule has 0 saturated heterocycles. The molecule has 0 spiro atoms. The van der Waals surface area contributed by atoms with Gasteiger partial charge < -0.3 is 4.42 Å². The Labute approximate surface area is 172 Å². The van der Waals surface area contributed by atoms with E-state index in [2.05, 4.69) is 27.9 Å². The molecule has 0 saturated carbocycles. The number of thiazole rings is 1. The SMILES string of the molecule is CSc1cnc(CCC(C)CCc2nc3ccc(-c4ncco4)cc3s2)nc1. The van der Waals surface area contributed by atoms with Gasteiger partial charge in [-0.15, -0.1) is 23.1 Å². The van der Waals surface area contributed by atoms with Gasteiger partial charge in [0.15, 0.2) is 0 Å². The van der Waals surface area contributed by atoms with Gasteiger partial charge >= 0.3 is 0 Å². The summed E-state index contributed by atoms with van der Waals surface area (Å²) in [4.78, 5) is 19.0. The largest absolute Gasteiger partial charge is 0.445 e. The third-order valence-electron chi connectivity index (χ3n) is 4.74. The first-order chi connectivity index (χ1) is 13.7. The summed E-state index contributed by atoms with van der Waals surface area (Å²) in [6.45, 7) is 2.30. The molecule has 0 aliphatic carbocycles. The van der Waals surface area contributed by atoms with Crippen LogP contribution in [0.25, 0.3) is 21.7 Å². The van der Waals surface area contributed by atoms with Crippen LogP contribution in [0, 0.1) is 5.92 Å². The van der Waals surface area contributed by atoms with E-state index in [1.165, 1.54) is 9.71 Å². The standard InChI is InChI=1S/C21H22N4OS2/c1-14(3-7-19-23-12-16(27-2)13-24-19)4-8-20-25-17-6-5-15(11-18(17)28-20)21-22-9-10-26-21/h5-6,9-14H,3-4,7-8H2,1-2H3. The average molecular weight is 411 g/mol. The number of fused-ring (bicyclic) bond motifs is 1. The van der Waals surface area contributed by atoms with Gasteiger partial charge in [-0.1, -0.05) is 6.92 Å². The van der Waals surface area contributed by atoms with E-state index in [4.69, 9.17) is 9.40 Å². The van der Waals surface area contributed by atoms with Crippen molar-refractivity contribution >= 4 is 33.3 Å². The van der Waals surface area contributed by atoms with Crippen molar-refractivity contribution in [1.29, 1.82) is 0 Å². The number of rotatable bonds is 8. The van der Waals surface area contributed by atoms with Gasteiger partial charge in [0.2, 0.25) is 5.89 Å². The van der Waals surface area contributed by atoms with Crippen LogP contribution < -0.4 is 0 Å². The predicted octanol–water partition coefficient (Wildman–Crippen LogP) is 5.66. The van der Waals surface area contributed by atoms with Crippen LogP contribution in [0.5, 0.6) is 0 Å². The van der Waals surface area contributed by atoms with Gasteiger partial charge in [0.1, 0.15) is 12.1 Å². The van der Waals surface area contributed by atoms with Crippen molar-refractivity contribution in [1.82, 2.24) is 19.9 Å². The van der Waals surface area contributed by atoms with Crippen molar-refractivity contribution in [3.63, 3.8) is 0 Å². The van der Waals surface area contributed by atoms with Crippen LogP contribution in [0.2, 0.25) is 0 Å². The number of oxazole rings is 1. The van der Waals surface area contributed by atoms with Crippen molar-refractivity contribution < 1.29 is 4.42 Å². The lowest BCUT2D eigenvalue weighted by atomic mass is 10.00. The van der Waals surface area contributed by atoms with Crippen LogP contribution in [0.1, 0.15) is 30.6 Å². The second kappa shape index (κ2) is 8.84. The lowest BCUT2D eigenvalue weighted by Gasteiger charge is -2.09. The predicted molar refractivity (Wildman–Crippen MR) is 115 cm³/mol. The molecule has 144 valence electrons. The lowest BCUT2D eigenvalue weighted by Crippen LogP contribution is -2.02. The first-order valence-electron chi connectivity index (χ1n) is 9.35. The van der Waals surface area contributed by atoms with E-state index < -0.39 is 0 Å². The topological polar surface area (TPSA) is 64.7 Å². The van der Waals surface area contributed by atoms with Crippen molar-refractivity contribution in [2.45, 2.75) is 37.5 Å². The van der Waals surface area contributed by atoms with E-state index in [1.807, 2.05) is 30.8 Å². The molecule has 1 unspecified atom stereocenters. The molecule has 0 N–H and O–H groups in total. The average Bonchev–Trinajstić information content (AvgIpc) is 3.40. The summed E-state index contributed by atoms with van der Waals surface area (Å²) in [5.74, 6) is 2.20. The summed E-state index contributed by atoms with van der Waals surface area (Å²) < 4.78 is 6.57. The third-order valence-corrected chi connectivity index (χ3v) is 6.50. The molecule has 0 bridgehead atoms. The minimum atomic E-state index is 0.610. The molecule has 0 radical (unpaired) electrons. The zero-order valence-electron chi connectivity index (χ0n) is 16.0. The Morgan fingerprint density at radius 1 is 1.11 bits per heavy atom. The summed E-state index contributed by atoms with van der Waals surface area (Å²) in [6.07, 6.45) is 13.3. The van der Waals surface area contributed by atoms with Crippen molar-refractivity contribution in [3.05, 3.63) is 53.9 Å². The molecule has 7 heteroatoms. The summed E-state index contributed by atoms with van der Waals surface area (Å²) in [6, 6.07) is 6.18. The highest BCUT2D eigenvalue weighted by atomic mass is 32.2. The summed E-state index contributed by atoms with van der Waals surface area (Å²) in [5, 5.41) is 1.19. The monoisotopic (exact) mass is 410 g/mol. The van der Waals surface area contributed by atoms with Gasteiger partial charge in [0.05, 0.1) is 21.4 Å². The zero-order valence-corrected chi connectivity index (χ0v) is 17.6. The van der Waals surface area contributed by atoms with Crippen LogP contribution >= 0.6 is 23.1 Å². The Morgan fingerprint density at radius 2 is 1.93 bits per heavy atom. The van der Waals surface area contributed by atoms with Gasteiger partial charge in [-0.3, -0.25) is 0 Å². The number of nitrogens with zero attached hydrogens (tertiary/aromatic N) is 4. The normalized spacial score (nSPS) is 12.5. The second-order valence-corrected chi connectivity index (χ2v) is 8.84. The Morgan fingerprint density at radius 3 is 2.68 bits per heavy atom. The van der Waals surface area contributed by atoms with Gasteiger partial charge in [-0.05, 0) is 49.6 Å². The number of aromatic nitrogens is 4. The van der Waals surface area contributed by atoms with Crippen LogP contribution in [-0.2, 0) is 12.8 Å². The van der Waals surface area contributed by atoms with Crippen molar-refractivity contribution in [2.75, 3.05) is 6.26 Å². The van der Waals surface area contributed by atoms with Gasteiger partial charge in [-0.2, -0.15) is 0 Å². The van der Waals surface area contributed by atoms with Crippen LogP contribution in [0.3, 0.4) is 0 Å². The van der Waals surface area contributed by atoms with Gasteiger partial charge in [-0.25, -0.2) is 19.9 Å². The fourth-order valence-corrected chi connectivity index (χ4v) is 4.38. The number of benzene rings is 1. The second-order valence-electron chi connectivity index (χ2n) is 6.85. The molecule has 1 aromatic carbocycles. The number of aryl methyl sites for hydroxylation is 2. The molecule has 0 fully saturated rings. The molecule has 0 aliphatic rings. The maximum Gasteiger partial charge on any atom is 0.225 e. The molecule has 0 amide bonds. The highest BCUT2D eigenvalue weighted by Gasteiger charge is 2.10. The highest BCUT2D eigenvalue weighted by molar-refractivity contribution is 7.98. The minimum absolute atomic E-state index is 0.610. The minimum Gasteiger partial charge on any atom is -0.445 e. The molecule has 4 aromatic rings. The maximum absolute atomic E-state index is 5.39. The highest BCUT2D eigenvalue weighted by Crippen LogP contribution is 2.29. The maximum atomic E-state index is 5.39. The van der Waals surface area contributed by atoms with Crippen LogP contribution in [-0.4, -0.2) is 26.2 Å². The summed E-state index contributed by atoms with van der Waals surface area (Å²) in [5.41, 5.74) is 2.04. The molecule has 5 nitrogen and oxygen atoms in total. The number of thioether (sulfide) groups is 1. The molecule has 3 aromatic heterocycles. The first-order valence-corrected chi connectivity index (χ1v) is 11.4. The van der Waals surface area contributed by atoms with E-state index in [-0.39, 0.29) is 0 Å². The smallest absolute Gasteiger partial charge is 0.225 e. The van der Waals surface area contributed by atoms with E-state index in [0.29, 0.717) is 11.8 Å². The fraction of sp³-hybridized carbons (Fsp3) is 0.333. The van der Waals surface area contributed by atoms with Crippen LogP contribution in [0.4, 0.5) is 0 Å². The fourth-order valence-electron chi connectivity index (χ4n) is 3.05. The quantitative estimate of drug-likeness (QED) is 0.349. The molecule has 1 atom stereocenters. The lowest BCUT2D eigenvalue weighted by molar-refractivity contribution is 0.486. The molecule has 0 aliphatic heterocycles. The first kappa shape index (κ1) is 19.1. The number of hydrogen-bond acceptors (Lipinski definition) is 7.